The highest BCUT2D eigenvalue weighted by Crippen LogP contribution is 2.00. The molecule has 0 aliphatic heterocycles. The highest BCUT2D eigenvalue weighted by molar-refractivity contribution is 5.82. The van der Waals surface area contributed by atoms with E-state index >= 15 is 0 Å². The average Bonchev–Trinajstić information content (AvgIpc) is 1.82. The van der Waals surface area contributed by atoms with E-state index in [0.717, 1.165) is 0 Å². The Morgan fingerprint density at radius 1 is 1.50 bits per heavy atom. The summed E-state index contributed by atoms with van der Waals surface area (Å²) in [6.07, 6.45) is -0.813. The minimum Gasteiger partial charge on any atom is -0.391 e. The quantitative estimate of drug-likeness (QED) is 0.533. The lowest BCUT2D eigenvalue weighted by molar-refractivity contribution is -0.125. The molecule has 1 unspecified atom stereocenters. The molecule has 0 aromatic heterocycles. The van der Waals surface area contributed by atoms with Gasteiger partial charge in [-0.3, -0.25) is 4.79 Å². The zero-order valence-corrected chi connectivity index (χ0v) is 8.09. The van der Waals surface area contributed by atoms with Crippen LogP contribution in [0.4, 0.5) is 0 Å². The van der Waals surface area contributed by atoms with Crippen LogP contribution in [0.1, 0.15) is 27.7 Å². The molecule has 0 rings (SSSR count). The van der Waals surface area contributed by atoms with Crippen LogP contribution in [-0.4, -0.2) is 28.7 Å². The van der Waals surface area contributed by atoms with Gasteiger partial charge in [-0.05, 0) is 27.7 Å². The predicted molar refractivity (Wildman–Crippen MR) is 47.6 cm³/mol. The van der Waals surface area contributed by atoms with Gasteiger partial charge in [-0.2, -0.15) is 0 Å². The molecule has 0 aliphatic rings. The van der Waals surface area contributed by atoms with E-state index in [4.69, 9.17) is 10.8 Å². The van der Waals surface area contributed by atoms with E-state index in [1.54, 1.807) is 0 Å². The van der Waals surface area contributed by atoms with Crippen molar-refractivity contribution in [3.05, 3.63) is 0 Å². The maximum atomic E-state index is 11.2. The molecule has 0 radical (unpaired) electrons. The highest BCUT2D eigenvalue weighted by Gasteiger charge is 2.22. The molecule has 0 saturated heterocycles. The van der Waals surface area contributed by atoms with E-state index in [9.17, 15) is 4.79 Å². The van der Waals surface area contributed by atoms with E-state index in [2.05, 4.69) is 5.32 Å². The van der Waals surface area contributed by atoms with Gasteiger partial charge in [0.15, 0.2) is 0 Å². The molecule has 72 valence electrons. The molecule has 0 fully saturated rings. The molecular weight excluding hydrogens is 156 g/mol. The first-order valence-electron chi connectivity index (χ1n) is 4.00. The highest BCUT2D eigenvalue weighted by atomic mass is 16.3. The van der Waals surface area contributed by atoms with Gasteiger partial charge >= 0.3 is 0 Å². The summed E-state index contributed by atoms with van der Waals surface area (Å²) in [5, 5.41) is 11.7. The molecule has 2 atom stereocenters. The third-order valence-electron chi connectivity index (χ3n) is 1.32. The molecule has 4 nitrogen and oxygen atoms in total. The van der Waals surface area contributed by atoms with Crippen molar-refractivity contribution < 1.29 is 9.90 Å². The second-order valence-corrected chi connectivity index (χ2v) is 4.01. The summed E-state index contributed by atoms with van der Waals surface area (Å²) in [6.45, 7) is 7.08. The Morgan fingerprint density at radius 3 is 2.17 bits per heavy atom. The maximum absolute atomic E-state index is 11.2. The lowest BCUT2D eigenvalue weighted by Gasteiger charge is -2.24. The lowest BCUT2D eigenvalue weighted by Crippen LogP contribution is -2.52. The van der Waals surface area contributed by atoms with Gasteiger partial charge in [0.05, 0.1) is 6.10 Å². The summed E-state index contributed by atoms with van der Waals surface area (Å²) in [5.74, 6) is -0.322. The fourth-order valence-corrected chi connectivity index (χ4v) is 0.672. The van der Waals surface area contributed by atoms with Crippen LogP contribution in [0.25, 0.3) is 0 Å². The molecule has 0 aromatic carbocycles. The van der Waals surface area contributed by atoms with Crippen molar-refractivity contribution in [1.82, 2.24) is 5.32 Å². The number of aliphatic hydroxyl groups excluding tert-OH is 1. The van der Waals surface area contributed by atoms with Gasteiger partial charge < -0.3 is 16.2 Å². The van der Waals surface area contributed by atoms with Crippen LogP contribution in [0, 0.1) is 0 Å². The Labute approximate surface area is 73.1 Å². The van der Waals surface area contributed by atoms with Crippen LogP contribution < -0.4 is 11.1 Å². The Kier molecular flexibility index (Phi) is 3.67. The minimum absolute atomic E-state index is 0.302. The summed E-state index contributed by atoms with van der Waals surface area (Å²) < 4.78 is 0. The summed E-state index contributed by atoms with van der Waals surface area (Å²) in [6, 6.07) is -0.843. The van der Waals surface area contributed by atoms with Crippen LogP contribution in [0.3, 0.4) is 0 Å². The number of carbonyl (C=O) groups excluding carboxylic acids is 1. The van der Waals surface area contributed by atoms with Crippen molar-refractivity contribution in [2.45, 2.75) is 45.4 Å². The predicted octanol–water partition coefficient (Wildman–Crippen LogP) is -0.391. The van der Waals surface area contributed by atoms with Crippen molar-refractivity contribution in [1.29, 1.82) is 0 Å². The second kappa shape index (κ2) is 3.87. The Bertz CT molecular complexity index is 161. The van der Waals surface area contributed by atoms with E-state index in [0.29, 0.717) is 0 Å². The fraction of sp³-hybridized carbons (Fsp3) is 0.875. The Hall–Kier alpha value is -0.610. The number of carbonyl (C=O) groups is 1. The minimum atomic E-state index is -0.843. The summed E-state index contributed by atoms with van der Waals surface area (Å²) in [4.78, 5) is 11.2. The van der Waals surface area contributed by atoms with Gasteiger partial charge in [0, 0.05) is 5.54 Å². The standard InChI is InChI=1S/C8H18N2O2/c1-5(11)6(9)7(12)10-8(2,3)4/h5-6,11H,9H2,1-4H3,(H,10,12)/t5?,6-/m0/s1. The zero-order chi connectivity index (χ0) is 9.94. The normalized spacial score (nSPS) is 16.8. The van der Waals surface area contributed by atoms with Gasteiger partial charge in [0.1, 0.15) is 6.04 Å². The van der Waals surface area contributed by atoms with Gasteiger partial charge in [-0.25, -0.2) is 0 Å². The summed E-state index contributed by atoms with van der Waals surface area (Å²) in [5.41, 5.74) is 5.10. The average molecular weight is 174 g/mol. The molecule has 0 saturated carbocycles. The second-order valence-electron chi connectivity index (χ2n) is 4.01. The fourth-order valence-electron chi connectivity index (χ4n) is 0.672. The molecule has 0 spiro atoms. The van der Waals surface area contributed by atoms with E-state index in [-0.39, 0.29) is 11.4 Å². The smallest absolute Gasteiger partial charge is 0.239 e. The monoisotopic (exact) mass is 174 g/mol. The van der Waals surface area contributed by atoms with Crippen LogP contribution >= 0.6 is 0 Å². The first kappa shape index (κ1) is 11.4. The number of aliphatic hydroxyl groups is 1. The molecule has 1 amide bonds. The lowest BCUT2D eigenvalue weighted by atomic mass is 10.1. The Balaban J connectivity index is 4.05. The van der Waals surface area contributed by atoms with Gasteiger partial charge in [0.2, 0.25) is 5.91 Å². The van der Waals surface area contributed by atoms with Crippen molar-refractivity contribution in [3.8, 4) is 0 Å². The number of hydrogen-bond acceptors (Lipinski definition) is 3. The van der Waals surface area contributed by atoms with Gasteiger partial charge in [0.25, 0.3) is 0 Å². The molecule has 0 bridgehead atoms. The van der Waals surface area contributed by atoms with E-state index in [1.165, 1.54) is 6.92 Å². The SMILES string of the molecule is CC(O)[C@H](N)C(=O)NC(C)(C)C. The van der Waals surface area contributed by atoms with Crippen LogP contribution in [0.5, 0.6) is 0 Å². The maximum Gasteiger partial charge on any atom is 0.239 e. The molecule has 0 aliphatic carbocycles. The zero-order valence-electron chi connectivity index (χ0n) is 8.09. The first-order chi connectivity index (χ1) is 5.24. The number of nitrogens with two attached hydrogens (primary N) is 1. The number of hydrogen-bond donors (Lipinski definition) is 3. The number of rotatable bonds is 2. The molecular formula is C8H18N2O2. The first-order valence-corrected chi connectivity index (χ1v) is 4.00. The van der Waals surface area contributed by atoms with Crippen LogP contribution in [0.2, 0.25) is 0 Å². The Morgan fingerprint density at radius 2 is 1.92 bits per heavy atom. The molecule has 12 heavy (non-hydrogen) atoms. The molecule has 0 heterocycles. The van der Waals surface area contributed by atoms with Crippen LogP contribution in [-0.2, 0) is 4.79 Å². The topological polar surface area (TPSA) is 75.3 Å². The van der Waals surface area contributed by atoms with E-state index < -0.39 is 12.1 Å². The molecule has 4 N–H and O–H groups in total. The van der Waals surface area contributed by atoms with Crippen LogP contribution in [0.15, 0.2) is 0 Å². The molecule has 4 heteroatoms. The van der Waals surface area contributed by atoms with Crippen molar-refractivity contribution in [2.24, 2.45) is 5.73 Å². The van der Waals surface area contributed by atoms with Crippen molar-refractivity contribution >= 4 is 5.91 Å². The third-order valence-corrected chi connectivity index (χ3v) is 1.32. The number of nitrogens with one attached hydrogen (secondary N) is 1. The van der Waals surface area contributed by atoms with E-state index in [1.807, 2.05) is 20.8 Å². The number of amides is 1. The van der Waals surface area contributed by atoms with Gasteiger partial charge in [-0.1, -0.05) is 0 Å². The van der Waals surface area contributed by atoms with Crippen molar-refractivity contribution in [3.63, 3.8) is 0 Å². The molecule has 0 aromatic rings. The summed E-state index contributed by atoms with van der Waals surface area (Å²) >= 11 is 0. The van der Waals surface area contributed by atoms with Crippen molar-refractivity contribution in [2.75, 3.05) is 0 Å². The largest absolute Gasteiger partial charge is 0.391 e. The third kappa shape index (κ3) is 4.31. The summed E-state index contributed by atoms with van der Waals surface area (Å²) in [7, 11) is 0. The van der Waals surface area contributed by atoms with Gasteiger partial charge in [-0.15, -0.1) is 0 Å².